The second-order valence-electron chi connectivity index (χ2n) is 7.14. The van der Waals surface area contributed by atoms with E-state index in [9.17, 15) is 4.79 Å². The number of aliphatic carboxylic acids is 1. The van der Waals surface area contributed by atoms with Gasteiger partial charge in [0.25, 0.3) is 0 Å². The van der Waals surface area contributed by atoms with Crippen molar-refractivity contribution >= 4 is 5.97 Å². The lowest BCUT2D eigenvalue weighted by Crippen LogP contribution is -2.07. The molecule has 0 spiro atoms. The maximum atomic E-state index is 10.4. The van der Waals surface area contributed by atoms with Gasteiger partial charge in [-0.3, -0.25) is 0 Å². The molecule has 1 fully saturated rings. The number of hydrogen-bond acceptors (Lipinski definition) is 2. The van der Waals surface area contributed by atoms with E-state index in [1.807, 2.05) is 6.08 Å². The maximum absolute atomic E-state index is 10.4. The lowest BCUT2D eigenvalue weighted by Gasteiger charge is -2.18. The minimum Gasteiger partial charge on any atom is -0.478 e. The Morgan fingerprint density at radius 1 is 0.875 bits per heavy atom. The van der Waals surface area contributed by atoms with Crippen LogP contribution in [0.2, 0.25) is 0 Å². The van der Waals surface area contributed by atoms with Gasteiger partial charge in [0.15, 0.2) is 0 Å². The summed E-state index contributed by atoms with van der Waals surface area (Å²) in [5.74, 6) is 0.911. The average molecular weight is 337 g/mol. The van der Waals surface area contributed by atoms with Gasteiger partial charge in [-0.1, -0.05) is 82.4 Å². The van der Waals surface area contributed by atoms with Crippen LogP contribution in [0.25, 0.3) is 0 Å². The van der Waals surface area contributed by atoms with Gasteiger partial charge in [0, 0.05) is 12.7 Å². The van der Waals surface area contributed by atoms with Crippen LogP contribution in [0.5, 0.6) is 0 Å². The molecule has 0 radical (unpaired) electrons. The average Bonchev–Trinajstić information content (AvgIpc) is 3.00. The molecular weight excluding hydrogens is 300 g/mol. The number of carbonyl (C=O) groups is 1. The molecule has 1 aliphatic rings. The van der Waals surface area contributed by atoms with Crippen LogP contribution in [0, 0.1) is 11.8 Å². The van der Waals surface area contributed by atoms with Crippen molar-refractivity contribution < 1.29 is 15.0 Å². The second kappa shape index (κ2) is 14.3. The van der Waals surface area contributed by atoms with Crippen molar-refractivity contribution in [1.29, 1.82) is 0 Å². The highest BCUT2D eigenvalue weighted by molar-refractivity contribution is 5.80. The predicted octanol–water partition coefficient (Wildman–Crippen LogP) is 5.49. The SMILES string of the molecule is O=C(O)C=CC=CCC[C@H]1CCC[C@@H]1CCCCCCCCCO. The van der Waals surface area contributed by atoms with Gasteiger partial charge in [0.05, 0.1) is 0 Å². The van der Waals surface area contributed by atoms with E-state index in [1.54, 1.807) is 6.08 Å². The highest BCUT2D eigenvalue weighted by Gasteiger charge is 2.25. The van der Waals surface area contributed by atoms with Gasteiger partial charge in [-0.25, -0.2) is 4.79 Å². The molecule has 0 saturated heterocycles. The summed E-state index contributed by atoms with van der Waals surface area (Å²) in [5, 5.41) is 17.3. The molecule has 1 aliphatic carbocycles. The molecule has 0 aromatic rings. The Hall–Kier alpha value is -1.09. The van der Waals surface area contributed by atoms with E-state index in [1.165, 1.54) is 76.7 Å². The molecule has 2 N–H and O–H groups in total. The quantitative estimate of drug-likeness (QED) is 0.250. The van der Waals surface area contributed by atoms with E-state index in [0.717, 1.165) is 24.7 Å². The van der Waals surface area contributed by atoms with Gasteiger partial charge in [-0.15, -0.1) is 0 Å². The van der Waals surface area contributed by atoms with E-state index in [0.29, 0.717) is 6.61 Å². The third-order valence-electron chi connectivity index (χ3n) is 5.24. The minimum atomic E-state index is -0.885. The summed E-state index contributed by atoms with van der Waals surface area (Å²) >= 11 is 0. The first-order valence-electron chi connectivity index (χ1n) is 9.91. The fourth-order valence-electron chi connectivity index (χ4n) is 3.90. The normalized spacial score (nSPS) is 21.2. The molecule has 0 bridgehead atoms. The summed E-state index contributed by atoms with van der Waals surface area (Å²) in [4.78, 5) is 10.4. The Kier molecular flexibility index (Phi) is 12.5. The Morgan fingerprint density at radius 3 is 2.17 bits per heavy atom. The maximum Gasteiger partial charge on any atom is 0.328 e. The number of aliphatic hydroxyl groups excluding tert-OH is 1. The Labute approximate surface area is 147 Å². The summed E-state index contributed by atoms with van der Waals surface area (Å²) in [6, 6.07) is 0. The van der Waals surface area contributed by atoms with Crippen molar-refractivity contribution in [3.63, 3.8) is 0 Å². The van der Waals surface area contributed by atoms with Crippen LogP contribution < -0.4 is 0 Å². The molecule has 1 saturated carbocycles. The van der Waals surface area contributed by atoms with Gasteiger partial charge in [-0.05, 0) is 31.1 Å². The van der Waals surface area contributed by atoms with Gasteiger partial charge in [-0.2, -0.15) is 0 Å². The first kappa shape index (κ1) is 21.0. The molecule has 3 heteroatoms. The van der Waals surface area contributed by atoms with Crippen molar-refractivity contribution in [3.8, 4) is 0 Å². The summed E-state index contributed by atoms with van der Waals surface area (Å²) in [5.41, 5.74) is 0. The number of allylic oxidation sites excluding steroid dienone is 3. The third-order valence-corrected chi connectivity index (χ3v) is 5.24. The molecule has 0 aromatic carbocycles. The monoisotopic (exact) mass is 336 g/mol. The standard InChI is InChI=1S/C21H36O3/c22-18-11-7-3-1-2-4-8-13-19-15-12-16-20(19)14-9-5-6-10-17-21(23)24/h5-6,10,17,19-20,22H,1-4,7-9,11-16,18H2,(H,23,24)/t19-,20-/m0/s1. The number of unbranched alkanes of at least 4 members (excludes halogenated alkanes) is 6. The summed E-state index contributed by atoms with van der Waals surface area (Å²) in [6.45, 7) is 0.341. The number of aliphatic hydroxyl groups is 1. The number of carboxylic acid groups (broad SMARTS) is 1. The van der Waals surface area contributed by atoms with Crippen LogP contribution >= 0.6 is 0 Å². The molecule has 24 heavy (non-hydrogen) atoms. The second-order valence-corrected chi connectivity index (χ2v) is 7.14. The summed E-state index contributed by atoms with van der Waals surface area (Å²) in [6.07, 6.45) is 23.4. The third kappa shape index (κ3) is 10.6. The lowest BCUT2D eigenvalue weighted by atomic mass is 9.87. The van der Waals surface area contributed by atoms with E-state index >= 15 is 0 Å². The number of carboxylic acids is 1. The van der Waals surface area contributed by atoms with Crippen LogP contribution in [0.3, 0.4) is 0 Å². The van der Waals surface area contributed by atoms with Crippen LogP contribution in [0.4, 0.5) is 0 Å². The van der Waals surface area contributed by atoms with Crippen molar-refractivity contribution in [2.75, 3.05) is 6.61 Å². The van der Waals surface area contributed by atoms with Crippen molar-refractivity contribution in [2.45, 2.75) is 83.5 Å². The fourth-order valence-corrected chi connectivity index (χ4v) is 3.90. The van der Waals surface area contributed by atoms with Gasteiger partial charge in [0.2, 0.25) is 0 Å². The van der Waals surface area contributed by atoms with Crippen LogP contribution in [-0.2, 0) is 4.79 Å². The molecule has 0 heterocycles. The first-order valence-corrected chi connectivity index (χ1v) is 9.91. The summed E-state index contributed by atoms with van der Waals surface area (Å²) in [7, 11) is 0. The minimum absolute atomic E-state index is 0.341. The van der Waals surface area contributed by atoms with E-state index < -0.39 is 5.97 Å². The van der Waals surface area contributed by atoms with Crippen molar-refractivity contribution in [3.05, 3.63) is 24.3 Å². The zero-order valence-corrected chi connectivity index (χ0v) is 15.2. The molecule has 0 unspecified atom stereocenters. The zero-order valence-electron chi connectivity index (χ0n) is 15.2. The molecule has 2 atom stereocenters. The summed E-state index contributed by atoms with van der Waals surface area (Å²) < 4.78 is 0. The highest BCUT2D eigenvalue weighted by atomic mass is 16.4. The van der Waals surface area contributed by atoms with E-state index in [4.69, 9.17) is 10.2 Å². The largest absolute Gasteiger partial charge is 0.478 e. The Morgan fingerprint density at radius 2 is 1.50 bits per heavy atom. The number of rotatable bonds is 14. The fraction of sp³-hybridized carbons (Fsp3) is 0.762. The molecule has 1 rings (SSSR count). The van der Waals surface area contributed by atoms with E-state index in [-0.39, 0.29) is 0 Å². The highest BCUT2D eigenvalue weighted by Crippen LogP contribution is 2.38. The van der Waals surface area contributed by atoms with Gasteiger partial charge >= 0.3 is 5.97 Å². The van der Waals surface area contributed by atoms with Gasteiger partial charge in [0.1, 0.15) is 0 Å². The van der Waals surface area contributed by atoms with Gasteiger partial charge < -0.3 is 10.2 Å². The molecule has 0 amide bonds. The Balaban J connectivity index is 2.05. The topological polar surface area (TPSA) is 57.5 Å². The van der Waals surface area contributed by atoms with Crippen molar-refractivity contribution in [2.24, 2.45) is 11.8 Å². The van der Waals surface area contributed by atoms with Crippen molar-refractivity contribution in [1.82, 2.24) is 0 Å². The first-order chi connectivity index (χ1) is 11.7. The van der Waals surface area contributed by atoms with E-state index in [2.05, 4.69) is 6.08 Å². The molecule has 0 aliphatic heterocycles. The van der Waals surface area contributed by atoms with Crippen LogP contribution in [0.15, 0.2) is 24.3 Å². The molecular formula is C21H36O3. The molecule has 138 valence electrons. The molecule has 3 nitrogen and oxygen atoms in total. The Bertz CT molecular complexity index is 373. The molecule has 0 aromatic heterocycles. The smallest absolute Gasteiger partial charge is 0.328 e. The van der Waals surface area contributed by atoms with Crippen LogP contribution in [-0.4, -0.2) is 22.8 Å². The lowest BCUT2D eigenvalue weighted by molar-refractivity contribution is -0.131. The zero-order chi connectivity index (χ0) is 17.5. The predicted molar refractivity (Wildman–Crippen MR) is 100 cm³/mol. The van der Waals surface area contributed by atoms with Crippen LogP contribution in [0.1, 0.15) is 83.5 Å². The number of hydrogen-bond donors (Lipinski definition) is 2.